The van der Waals surface area contributed by atoms with Gasteiger partial charge in [0.15, 0.2) is 11.5 Å². The Morgan fingerprint density at radius 3 is 2.14 bits per heavy atom. The van der Waals surface area contributed by atoms with Crippen LogP contribution in [-0.4, -0.2) is 19.3 Å². The van der Waals surface area contributed by atoms with Gasteiger partial charge in [-0.05, 0) is 13.0 Å². The van der Waals surface area contributed by atoms with Crippen LogP contribution in [0.25, 0.3) is 0 Å². The van der Waals surface area contributed by atoms with E-state index in [1.54, 1.807) is 0 Å². The number of phenols is 1. The molecular weight excluding hydrogens is 187 g/mol. The molecule has 0 aliphatic rings. The van der Waals surface area contributed by atoms with Crippen molar-refractivity contribution in [3.05, 3.63) is 17.7 Å². The Labute approximate surface area is 82.1 Å². The van der Waals surface area contributed by atoms with Crippen LogP contribution in [0, 0.1) is 0 Å². The van der Waals surface area contributed by atoms with Gasteiger partial charge in [-0.3, -0.25) is 0 Å². The number of aromatic hydroxyl groups is 1. The zero-order valence-electron chi connectivity index (χ0n) is 8.37. The normalized spacial score (nSPS) is 12.3. The van der Waals surface area contributed by atoms with Gasteiger partial charge in [0.25, 0.3) is 0 Å². The molecule has 0 aromatic heterocycles. The molecule has 0 radical (unpaired) electrons. The van der Waals surface area contributed by atoms with Crippen LogP contribution in [0.3, 0.4) is 0 Å². The molecule has 1 atom stereocenters. The molecule has 0 bridgehead atoms. The third-order valence-electron chi connectivity index (χ3n) is 1.96. The maximum atomic E-state index is 13.0. The molecule has 78 valence electrons. The molecule has 0 fully saturated rings. The lowest BCUT2D eigenvalue weighted by atomic mass is 10.1. The first kappa shape index (κ1) is 10.6. The number of benzene rings is 1. The van der Waals surface area contributed by atoms with Gasteiger partial charge >= 0.3 is 0 Å². The number of phenolic OH excluding ortho intramolecular Hbond substituents is 1. The van der Waals surface area contributed by atoms with Gasteiger partial charge in [0, 0.05) is 11.6 Å². The smallest absolute Gasteiger partial charge is 0.164 e. The zero-order chi connectivity index (χ0) is 10.7. The number of rotatable bonds is 3. The minimum Gasteiger partial charge on any atom is -0.507 e. The molecule has 0 saturated heterocycles. The Bertz CT molecular complexity index is 323. The number of ether oxygens (including phenoxy) is 2. The number of methoxy groups -OCH3 is 2. The van der Waals surface area contributed by atoms with E-state index >= 15 is 0 Å². The van der Waals surface area contributed by atoms with Crippen molar-refractivity contribution in [2.45, 2.75) is 13.1 Å². The van der Waals surface area contributed by atoms with Gasteiger partial charge < -0.3 is 14.6 Å². The SMILES string of the molecule is COc1cc(O)c(C(C)F)cc1OC. The highest BCUT2D eigenvalue weighted by Gasteiger charge is 2.14. The van der Waals surface area contributed by atoms with Gasteiger partial charge in [0.05, 0.1) is 14.2 Å². The summed E-state index contributed by atoms with van der Waals surface area (Å²) in [6.45, 7) is 1.35. The van der Waals surface area contributed by atoms with Gasteiger partial charge in [-0.25, -0.2) is 4.39 Å². The van der Waals surface area contributed by atoms with Gasteiger partial charge in [-0.15, -0.1) is 0 Å². The molecule has 4 heteroatoms. The van der Waals surface area contributed by atoms with E-state index in [4.69, 9.17) is 9.47 Å². The van der Waals surface area contributed by atoms with Crippen LogP contribution in [0.4, 0.5) is 4.39 Å². The lowest BCUT2D eigenvalue weighted by Gasteiger charge is -2.12. The van der Waals surface area contributed by atoms with E-state index in [-0.39, 0.29) is 11.3 Å². The molecule has 1 aromatic carbocycles. The fraction of sp³-hybridized carbons (Fsp3) is 0.400. The molecule has 0 aliphatic heterocycles. The second kappa shape index (κ2) is 4.17. The van der Waals surface area contributed by atoms with Crippen molar-refractivity contribution in [3.63, 3.8) is 0 Å². The Kier molecular flexibility index (Phi) is 3.17. The van der Waals surface area contributed by atoms with E-state index in [0.29, 0.717) is 11.5 Å². The molecule has 0 heterocycles. The third-order valence-corrected chi connectivity index (χ3v) is 1.96. The Balaban J connectivity index is 3.23. The Morgan fingerprint density at radius 1 is 1.21 bits per heavy atom. The van der Waals surface area contributed by atoms with Crippen molar-refractivity contribution < 1.29 is 19.0 Å². The predicted octanol–water partition coefficient (Wildman–Crippen LogP) is 2.44. The highest BCUT2D eigenvalue weighted by Crippen LogP contribution is 2.37. The minimum atomic E-state index is -1.24. The van der Waals surface area contributed by atoms with Crippen LogP contribution in [-0.2, 0) is 0 Å². The maximum Gasteiger partial charge on any atom is 0.164 e. The summed E-state index contributed by atoms with van der Waals surface area (Å²) in [5.74, 6) is 0.664. The monoisotopic (exact) mass is 200 g/mol. The predicted molar refractivity (Wildman–Crippen MR) is 50.7 cm³/mol. The molecule has 0 aliphatic carbocycles. The van der Waals surface area contributed by atoms with Gasteiger partial charge in [-0.2, -0.15) is 0 Å². The molecule has 0 saturated carbocycles. The molecule has 14 heavy (non-hydrogen) atoms. The van der Waals surface area contributed by atoms with E-state index in [9.17, 15) is 9.50 Å². The van der Waals surface area contributed by atoms with Crippen LogP contribution in [0.15, 0.2) is 12.1 Å². The topological polar surface area (TPSA) is 38.7 Å². The van der Waals surface area contributed by atoms with Crippen molar-refractivity contribution in [2.75, 3.05) is 14.2 Å². The van der Waals surface area contributed by atoms with Gasteiger partial charge in [-0.1, -0.05) is 0 Å². The summed E-state index contributed by atoms with van der Waals surface area (Å²) in [6.07, 6.45) is -1.24. The van der Waals surface area contributed by atoms with Gasteiger partial charge in [0.1, 0.15) is 11.9 Å². The summed E-state index contributed by atoms with van der Waals surface area (Å²) in [7, 11) is 2.91. The van der Waals surface area contributed by atoms with E-state index in [1.165, 1.54) is 33.3 Å². The summed E-state index contributed by atoms with van der Waals surface area (Å²) in [6, 6.07) is 2.77. The van der Waals surface area contributed by atoms with E-state index in [1.807, 2.05) is 0 Å². The quantitative estimate of drug-likeness (QED) is 0.814. The first-order chi connectivity index (χ1) is 6.60. The van der Waals surface area contributed by atoms with Crippen LogP contribution in [0.2, 0.25) is 0 Å². The molecule has 1 N–H and O–H groups in total. The molecule has 1 aromatic rings. The maximum absolute atomic E-state index is 13.0. The number of halogens is 1. The summed E-state index contributed by atoms with van der Waals surface area (Å²) in [5.41, 5.74) is 0.197. The lowest BCUT2D eigenvalue weighted by Crippen LogP contribution is -1.94. The van der Waals surface area contributed by atoms with Crippen molar-refractivity contribution in [1.29, 1.82) is 0 Å². The average molecular weight is 200 g/mol. The fourth-order valence-corrected chi connectivity index (χ4v) is 1.20. The van der Waals surface area contributed by atoms with E-state index < -0.39 is 6.17 Å². The summed E-state index contributed by atoms with van der Waals surface area (Å²) >= 11 is 0. The van der Waals surface area contributed by atoms with Crippen molar-refractivity contribution in [2.24, 2.45) is 0 Å². The van der Waals surface area contributed by atoms with Crippen LogP contribution in [0.5, 0.6) is 17.2 Å². The number of alkyl halides is 1. The van der Waals surface area contributed by atoms with E-state index in [2.05, 4.69) is 0 Å². The van der Waals surface area contributed by atoms with Crippen molar-refractivity contribution in [3.8, 4) is 17.2 Å². The Hall–Kier alpha value is -1.45. The van der Waals surface area contributed by atoms with Crippen molar-refractivity contribution in [1.82, 2.24) is 0 Å². The fourth-order valence-electron chi connectivity index (χ4n) is 1.20. The summed E-state index contributed by atoms with van der Waals surface area (Å²) in [5, 5.41) is 9.44. The standard InChI is InChI=1S/C10H13FO3/c1-6(11)7-4-9(13-2)10(14-3)5-8(7)12/h4-6,12H,1-3H3. The second-order valence-corrected chi connectivity index (χ2v) is 2.88. The van der Waals surface area contributed by atoms with Crippen LogP contribution in [0.1, 0.15) is 18.7 Å². The summed E-state index contributed by atoms with van der Waals surface area (Å²) in [4.78, 5) is 0. The molecule has 0 amide bonds. The highest BCUT2D eigenvalue weighted by molar-refractivity contribution is 5.50. The summed E-state index contributed by atoms with van der Waals surface area (Å²) < 4.78 is 22.9. The molecule has 3 nitrogen and oxygen atoms in total. The molecule has 0 spiro atoms. The zero-order valence-corrected chi connectivity index (χ0v) is 8.37. The lowest BCUT2D eigenvalue weighted by molar-refractivity contribution is 0.335. The van der Waals surface area contributed by atoms with E-state index in [0.717, 1.165) is 0 Å². The molecular formula is C10H13FO3. The Morgan fingerprint density at radius 2 is 1.71 bits per heavy atom. The first-order valence-electron chi connectivity index (χ1n) is 4.19. The van der Waals surface area contributed by atoms with Crippen LogP contribution >= 0.6 is 0 Å². The average Bonchev–Trinajstić information content (AvgIpc) is 2.16. The second-order valence-electron chi connectivity index (χ2n) is 2.88. The first-order valence-corrected chi connectivity index (χ1v) is 4.19. The molecule has 1 unspecified atom stereocenters. The van der Waals surface area contributed by atoms with Crippen molar-refractivity contribution >= 4 is 0 Å². The van der Waals surface area contributed by atoms with Crippen LogP contribution < -0.4 is 9.47 Å². The third kappa shape index (κ3) is 1.89. The number of hydrogen-bond acceptors (Lipinski definition) is 3. The number of hydrogen-bond donors (Lipinski definition) is 1. The van der Waals surface area contributed by atoms with Gasteiger partial charge in [0.2, 0.25) is 0 Å². The largest absolute Gasteiger partial charge is 0.507 e. The highest BCUT2D eigenvalue weighted by atomic mass is 19.1. The minimum absolute atomic E-state index is 0.127. The molecule has 1 rings (SSSR count).